The highest BCUT2D eigenvalue weighted by atomic mass is 16.7. The van der Waals surface area contributed by atoms with Gasteiger partial charge in [-0.3, -0.25) is 4.79 Å². The lowest BCUT2D eigenvalue weighted by Crippen LogP contribution is -2.43. The lowest BCUT2D eigenvalue weighted by molar-refractivity contribution is -0.145. The van der Waals surface area contributed by atoms with Gasteiger partial charge in [-0.15, -0.1) is 0 Å². The van der Waals surface area contributed by atoms with Crippen molar-refractivity contribution in [1.29, 1.82) is 0 Å². The summed E-state index contributed by atoms with van der Waals surface area (Å²) in [6.45, 7) is 1.24. The normalized spacial score (nSPS) is 17.2. The van der Waals surface area contributed by atoms with Gasteiger partial charge in [0.2, 0.25) is 0 Å². The van der Waals surface area contributed by atoms with Crippen LogP contribution in [0, 0.1) is 0 Å². The van der Waals surface area contributed by atoms with Crippen molar-refractivity contribution >= 4 is 12.0 Å². The molecule has 0 heterocycles. The van der Waals surface area contributed by atoms with Crippen LogP contribution in [0.5, 0.6) is 0 Å². The third kappa shape index (κ3) is 4.11. The molecule has 1 fully saturated rings. The number of rotatable bonds is 1. The SMILES string of the molecule is CC(=O)ONC(=O)NC1CCCCC1. The molecule has 0 atom stereocenters. The predicted molar refractivity (Wildman–Crippen MR) is 50.3 cm³/mol. The summed E-state index contributed by atoms with van der Waals surface area (Å²) in [5, 5.41) is 2.75. The van der Waals surface area contributed by atoms with E-state index in [2.05, 4.69) is 10.2 Å². The Morgan fingerprint density at radius 3 is 2.43 bits per heavy atom. The van der Waals surface area contributed by atoms with Crippen LogP contribution in [-0.2, 0) is 9.63 Å². The van der Waals surface area contributed by atoms with Crippen molar-refractivity contribution < 1.29 is 14.4 Å². The Hall–Kier alpha value is -1.26. The fourth-order valence-electron chi connectivity index (χ4n) is 1.58. The molecule has 2 N–H and O–H groups in total. The number of hydrogen-bond donors (Lipinski definition) is 2. The Labute approximate surface area is 83.1 Å². The number of hydroxylamine groups is 1. The van der Waals surface area contributed by atoms with Crippen molar-refractivity contribution in [3.8, 4) is 0 Å². The zero-order chi connectivity index (χ0) is 10.4. The summed E-state index contributed by atoms with van der Waals surface area (Å²) in [5.41, 5.74) is 2.03. The van der Waals surface area contributed by atoms with Crippen molar-refractivity contribution in [1.82, 2.24) is 10.8 Å². The number of nitrogens with one attached hydrogen (secondary N) is 2. The second-order valence-corrected chi connectivity index (χ2v) is 3.50. The topological polar surface area (TPSA) is 67.4 Å². The average molecular weight is 200 g/mol. The molecule has 0 aromatic carbocycles. The minimum atomic E-state index is -0.524. The maximum Gasteiger partial charge on any atom is 0.348 e. The second-order valence-electron chi connectivity index (χ2n) is 3.50. The zero-order valence-corrected chi connectivity index (χ0v) is 8.34. The molecule has 5 nitrogen and oxygen atoms in total. The van der Waals surface area contributed by atoms with Gasteiger partial charge in [-0.25, -0.2) is 4.79 Å². The van der Waals surface area contributed by atoms with Gasteiger partial charge in [0.1, 0.15) is 0 Å². The monoisotopic (exact) mass is 200 g/mol. The van der Waals surface area contributed by atoms with Gasteiger partial charge < -0.3 is 10.2 Å². The summed E-state index contributed by atoms with van der Waals surface area (Å²) in [5.74, 6) is -0.524. The van der Waals surface area contributed by atoms with E-state index in [9.17, 15) is 9.59 Å². The first-order chi connectivity index (χ1) is 6.68. The summed E-state index contributed by atoms with van der Waals surface area (Å²) in [4.78, 5) is 25.8. The number of urea groups is 1. The van der Waals surface area contributed by atoms with Gasteiger partial charge in [-0.1, -0.05) is 19.3 Å². The molecule has 0 aliphatic heterocycles. The Morgan fingerprint density at radius 2 is 1.86 bits per heavy atom. The second kappa shape index (κ2) is 5.47. The van der Waals surface area contributed by atoms with E-state index in [0.717, 1.165) is 25.7 Å². The first-order valence-corrected chi connectivity index (χ1v) is 4.92. The summed E-state index contributed by atoms with van der Waals surface area (Å²) in [6, 6.07) is -0.216. The van der Waals surface area contributed by atoms with Crippen LogP contribution < -0.4 is 10.8 Å². The minimum absolute atomic E-state index is 0.222. The van der Waals surface area contributed by atoms with Gasteiger partial charge in [0.15, 0.2) is 0 Å². The molecular weight excluding hydrogens is 184 g/mol. The quantitative estimate of drug-likeness (QED) is 0.623. The molecule has 0 unspecified atom stereocenters. The van der Waals surface area contributed by atoms with Gasteiger partial charge in [0.25, 0.3) is 0 Å². The largest absolute Gasteiger partial charge is 0.348 e. The van der Waals surface area contributed by atoms with Crippen molar-refractivity contribution in [3.05, 3.63) is 0 Å². The molecule has 0 radical (unpaired) electrons. The van der Waals surface area contributed by atoms with Crippen molar-refractivity contribution in [2.24, 2.45) is 0 Å². The van der Waals surface area contributed by atoms with E-state index in [1.54, 1.807) is 0 Å². The molecule has 2 amide bonds. The summed E-state index contributed by atoms with van der Waals surface area (Å²) >= 11 is 0. The molecule has 1 rings (SSSR count). The Morgan fingerprint density at radius 1 is 1.21 bits per heavy atom. The van der Waals surface area contributed by atoms with E-state index in [1.807, 2.05) is 5.48 Å². The summed E-state index contributed by atoms with van der Waals surface area (Å²) in [7, 11) is 0. The third-order valence-electron chi connectivity index (χ3n) is 2.23. The third-order valence-corrected chi connectivity index (χ3v) is 2.23. The fourth-order valence-corrected chi connectivity index (χ4v) is 1.58. The molecule has 0 spiro atoms. The number of hydrogen-bond acceptors (Lipinski definition) is 3. The first kappa shape index (κ1) is 10.8. The van der Waals surface area contributed by atoms with E-state index >= 15 is 0 Å². The van der Waals surface area contributed by atoms with E-state index in [1.165, 1.54) is 13.3 Å². The first-order valence-electron chi connectivity index (χ1n) is 4.92. The highest BCUT2D eigenvalue weighted by molar-refractivity contribution is 5.75. The fraction of sp³-hybridized carbons (Fsp3) is 0.778. The van der Waals surface area contributed by atoms with Crippen molar-refractivity contribution in [2.45, 2.75) is 45.1 Å². The van der Waals surface area contributed by atoms with Crippen molar-refractivity contribution in [3.63, 3.8) is 0 Å². The van der Waals surface area contributed by atoms with Crippen LogP contribution in [0.15, 0.2) is 0 Å². The molecule has 1 aliphatic carbocycles. The maximum atomic E-state index is 11.1. The van der Waals surface area contributed by atoms with E-state index in [4.69, 9.17) is 0 Å². The standard InChI is InChI=1S/C9H16N2O3/c1-7(12)14-11-9(13)10-8-5-3-2-4-6-8/h8H,2-6H2,1H3,(H2,10,11,13). The summed E-state index contributed by atoms with van der Waals surface area (Å²) < 4.78 is 0. The smallest absolute Gasteiger partial charge is 0.340 e. The van der Waals surface area contributed by atoms with E-state index in [0.29, 0.717) is 0 Å². The molecule has 14 heavy (non-hydrogen) atoms. The highest BCUT2D eigenvalue weighted by Gasteiger charge is 2.15. The number of amides is 2. The predicted octanol–water partition coefficient (Wildman–Crippen LogP) is 1.10. The molecule has 0 aromatic rings. The lowest BCUT2D eigenvalue weighted by atomic mass is 9.96. The van der Waals surface area contributed by atoms with Crippen LogP contribution in [0.2, 0.25) is 0 Å². The van der Waals surface area contributed by atoms with Crippen molar-refractivity contribution in [2.75, 3.05) is 0 Å². The number of carbonyl (C=O) groups excluding carboxylic acids is 2. The molecule has 0 bridgehead atoms. The van der Waals surface area contributed by atoms with E-state index in [-0.39, 0.29) is 6.04 Å². The van der Waals surface area contributed by atoms with Crippen LogP contribution in [0.4, 0.5) is 4.79 Å². The van der Waals surface area contributed by atoms with Gasteiger partial charge in [-0.2, -0.15) is 5.48 Å². The molecule has 0 saturated heterocycles. The highest BCUT2D eigenvalue weighted by Crippen LogP contribution is 2.16. The van der Waals surface area contributed by atoms with Gasteiger partial charge in [-0.05, 0) is 12.8 Å². The van der Waals surface area contributed by atoms with Gasteiger partial charge in [0, 0.05) is 13.0 Å². The van der Waals surface area contributed by atoms with E-state index < -0.39 is 12.0 Å². The van der Waals surface area contributed by atoms with Crippen LogP contribution in [-0.4, -0.2) is 18.0 Å². The summed E-state index contributed by atoms with van der Waals surface area (Å²) in [6.07, 6.45) is 5.56. The molecule has 1 aliphatic rings. The molecule has 5 heteroatoms. The lowest BCUT2D eigenvalue weighted by Gasteiger charge is -2.22. The van der Waals surface area contributed by atoms with Gasteiger partial charge in [0.05, 0.1) is 0 Å². The van der Waals surface area contributed by atoms with Gasteiger partial charge >= 0.3 is 12.0 Å². The Kier molecular flexibility index (Phi) is 4.22. The molecule has 0 aromatic heterocycles. The Balaban J connectivity index is 2.15. The van der Waals surface area contributed by atoms with Crippen LogP contribution in [0.25, 0.3) is 0 Å². The van der Waals surface area contributed by atoms with Crippen LogP contribution in [0.3, 0.4) is 0 Å². The Bertz CT molecular complexity index is 212. The van der Waals surface area contributed by atoms with Crippen LogP contribution in [0.1, 0.15) is 39.0 Å². The van der Waals surface area contributed by atoms with Crippen LogP contribution >= 0.6 is 0 Å². The minimum Gasteiger partial charge on any atom is -0.340 e. The maximum absolute atomic E-state index is 11.1. The molecular formula is C9H16N2O3. The zero-order valence-electron chi connectivity index (χ0n) is 8.34. The number of carbonyl (C=O) groups is 2. The molecule has 80 valence electrons. The average Bonchev–Trinajstić information content (AvgIpc) is 2.16. The molecule has 1 saturated carbocycles.